The van der Waals surface area contributed by atoms with Gasteiger partial charge in [-0.2, -0.15) is 0 Å². The van der Waals surface area contributed by atoms with Crippen LogP contribution in [0.4, 0.5) is 0 Å². The van der Waals surface area contributed by atoms with Gasteiger partial charge in [0.15, 0.2) is 12.2 Å². The van der Waals surface area contributed by atoms with Crippen molar-refractivity contribution in [3.63, 3.8) is 0 Å². The van der Waals surface area contributed by atoms with Crippen molar-refractivity contribution < 1.29 is 49.5 Å². The quantitative estimate of drug-likeness (QED) is 0.294. The zero-order valence-electron chi connectivity index (χ0n) is 12.0. The van der Waals surface area contributed by atoms with Gasteiger partial charge in [-0.1, -0.05) is 0 Å². The van der Waals surface area contributed by atoms with Gasteiger partial charge in [0.1, 0.15) is 12.6 Å². The molecule has 0 unspecified atom stereocenters. The van der Waals surface area contributed by atoms with Crippen LogP contribution in [0.25, 0.3) is 0 Å². The molecule has 0 aliphatic carbocycles. The number of aliphatic carboxylic acids is 3. The van der Waals surface area contributed by atoms with E-state index in [1.807, 2.05) is 21.1 Å². The molecule has 0 aliphatic heterocycles. The Labute approximate surface area is 121 Å². The number of aliphatic hydroxyl groups is 3. The summed E-state index contributed by atoms with van der Waals surface area (Å²) in [7, 11) is 5.66. The monoisotopic (exact) mass is 311 g/mol. The van der Waals surface area contributed by atoms with Gasteiger partial charge in [-0.3, -0.25) is 0 Å². The number of nitrogens with zero attached hydrogens (tertiary/aromatic N) is 1. The minimum Gasteiger partial charge on any atom is -0.550 e. The lowest BCUT2D eigenvalue weighted by Crippen LogP contribution is -2.43. The van der Waals surface area contributed by atoms with Crippen LogP contribution in [0, 0.1) is 0 Å². The molecule has 0 aromatic rings. The predicted molar refractivity (Wildman–Crippen MR) is 65.8 cm³/mol. The van der Waals surface area contributed by atoms with Crippen molar-refractivity contribution in [2.45, 2.75) is 24.7 Å². The van der Waals surface area contributed by atoms with Crippen LogP contribution in [-0.4, -0.2) is 93.9 Å². The lowest BCUT2D eigenvalue weighted by molar-refractivity contribution is -0.873. The topological polar surface area (TPSA) is 175 Å². The standard InChI is InChI=1S/C7H15NO3.C4H6O6/c1-8(2,3)5-6(9)4-7(10)11;5-1(3(7)8)2(6)4(9)10/h6,9H,4-5H2,1-3H3;1-2,5-6H,(H,7,8)(H,9,10)/t6-;1-,2-/m10/s1. The first-order valence-electron chi connectivity index (χ1n) is 5.78. The number of hydrogen-bond donors (Lipinski definition) is 5. The molecule has 124 valence electrons. The third kappa shape index (κ3) is 13.0. The zero-order chi connectivity index (χ0) is 17.4. The maximum atomic E-state index is 10.0. The molecule has 0 fully saturated rings. The van der Waals surface area contributed by atoms with Gasteiger partial charge in [-0.15, -0.1) is 0 Å². The largest absolute Gasteiger partial charge is 0.550 e. The Morgan fingerprint density at radius 3 is 1.48 bits per heavy atom. The molecule has 0 aromatic heterocycles. The van der Waals surface area contributed by atoms with Crippen molar-refractivity contribution in [2.24, 2.45) is 0 Å². The van der Waals surface area contributed by atoms with Crippen LogP contribution in [-0.2, 0) is 14.4 Å². The van der Waals surface area contributed by atoms with Gasteiger partial charge in [-0.05, 0) is 0 Å². The summed E-state index contributed by atoms with van der Waals surface area (Å²) in [6.45, 7) is 0.425. The second-order valence-electron chi connectivity index (χ2n) is 5.27. The minimum atomic E-state index is -2.27. The number of rotatable bonds is 7. The van der Waals surface area contributed by atoms with Crippen molar-refractivity contribution >= 4 is 17.9 Å². The number of carbonyl (C=O) groups is 3. The summed E-state index contributed by atoms with van der Waals surface area (Å²) in [5, 5.41) is 51.7. The molecule has 0 aromatic carbocycles. The Kier molecular flexibility index (Phi) is 9.47. The van der Waals surface area contributed by atoms with Gasteiger partial charge in [-0.25, -0.2) is 9.59 Å². The SMILES string of the molecule is C[N+](C)(C)C[C@H](O)CC(=O)[O-].O=C(O)[C@@H](O)[C@H](O)C(=O)O. The maximum absolute atomic E-state index is 10.0. The van der Waals surface area contributed by atoms with Gasteiger partial charge in [0.05, 0.1) is 21.1 Å². The number of carboxylic acid groups (broad SMARTS) is 3. The van der Waals surface area contributed by atoms with Gasteiger partial charge < -0.3 is 39.9 Å². The van der Waals surface area contributed by atoms with Crippen molar-refractivity contribution in [3.05, 3.63) is 0 Å². The minimum absolute atomic E-state index is 0.282. The van der Waals surface area contributed by atoms with E-state index in [0.29, 0.717) is 11.0 Å². The third-order valence-corrected chi connectivity index (χ3v) is 1.97. The Bertz CT molecular complexity index is 345. The summed E-state index contributed by atoms with van der Waals surface area (Å²) in [4.78, 5) is 29.6. The normalized spacial score (nSPS) is 15.1. The van der Waals surface area contributed by atoms with E-state index in [9.17, 15) is 19.5 Å². The first kappa shape index (κ1) is 21.5. The fourth-order valence-electron chi connectivity index (χ4n) is 1.16. The van der Waals surface area contributed by atoms with Gasteiger partial charge in [0.25, 0.3) is 0 Å². The molecule has 21 heavy (non-hydrogen) atoms. The molecule has 0 amide bonds. The highest BCUT2D eigenvalue weighted by Crippen LogP contribution is 1.97. The van der Waals surface area contributed by atoms with E-state index >= 15 is 0 Å². The maximum Gasteiger partial charge on any atom is 0.335 e. The molecule has 0 saturated heterocycles. The van der Waals surface area contributed by atoms with E-state index in [4.69, 9.17) is 25.5 Å². The molecule has 3 atom stereocenters. The Hall–Kier alpha value is -1.75. The van der Waals surface area contributed by atoms with E-state index in [1.165, 1.54) is 0 Å². The van der Waals surface area contributed by atoms with E-state index in [1.54, 1.807) is 0 Å². The van der Waals surface area contributed by atoms with Crippen LogP contribution in [0.3, 0.4) is 0 Å². The summed E-state index contributed by atoms with van der Waals surface area (Å²) in [5.74, 6) is -4.74. The van der Waals surface area contributed by atoms with Crippen LogP contribution in [0.15, 0.2) is 0 Å². The average Bonchev–Trinajstić information content (AvgIpc) is 2.23. The molecule has 0 radical (unpaired) electrons. The van der Waals surface area contributed by atoms with Crippen LogP contribution in [0.5, 0.6) is 0 Å². The highest BCUT2D eigenvalue weighted by Gasteiger charge is 2.29. The van der Waals surface area contributed by atoms with E-state index < -0.39 is 36.2 Å². The second-order valence-corrected chi connectivity index (χ2v) is 5.27. The Balaban J connectivity index is 0. The van der Waals surface area contributed by atoms with Gasteiger partial charge in [0, 0.05) is 12.4 Å². The van der Waals surface area contributed by atoms with Gasteiger partial charge in [0.2, 0.25) is 0 Å². The molecule has 0 aliphatic rings. The molecule has 0 spiro atoms. The summed E-state index contributed by atoms with van der Waals surface area (Å²) >= 11 is 0. The van der Waals surface area contributed by atoms with E-state index in [-0.39, 0.29) is 6.42 Å². The van der Waals surface area contributed by atoms with Crippen LogP contribution < -0.4 is 5.11 Å². The molecule has 0 saturated carbocycles. The third-order valence-electron chi connectivity index (χ3n) is 1.97. The first-order chi connectivity index (χ1) is 9.27. The highest BCUT2D eigenvalue weighted by atomic mass is 16.4. The number of likely N-dealkylation sites (N-methyl/N-ethyl adjacent to an activating group) is 1. The average molecular weight is 311 g/mol. The molecule has 0 bridgehead atoms. The molecule has 5 N–H and O–H groups in total. The van der Waals surface area contributed by atoms with E-state index in [0.717, 1.165) is 0 Å². The summed E-state index contributed by atoms with van der Waals surface area (Å²) in [6.07, 6.45) is -5.62. The van der Waals surface area contributed by atoms with Crippen molar-refractivity contribution in [3.8, 4) is 0 Å². The zero-order valence-corrected chi connectivity index (χ0v) is 12.0. The molecular formula is C11H21NO9. The lowest BCUT2D eigenvalue weighted by Gasteiger charge is -2.26. The van der Waals surface area contributed by atoms with Gasteiger partial charge >= 0.3 is 11.9 Å². The predicted octanol–water partition coefficient (Wildman–Crippen LogP) is -3.93. The fraction of sp³-hybridized carbons (Fsp3) is 0.727. The number of hydrogen-bond acceptors (Lipinski definition) is 7. The second kappa shape index (κ2) is 9.23. The number of carboxylic acids is 3. The summed E-state index contributed by atoms with van der Waals surface area (Å²) in [5.41, 5.74) is 0. The van der Waals surface area contributed by atoms with Crippen LogP contribution in [0.2, 0.25) is 0 Å². The first-order valence-corrected chi connectivity index (χ1v) is 5.78. The lowest BCUT2D eigenvalue weighted by atomic mass is 10.2. The smallest absolute Gasteiger partial charge is 0.335 e. The van der Waals surface area contributed by atoms with E-state index in [2.05, 4.69) is 0 Å². The summed E-state index contributed by atoms with van der Waals surface area (Å²) < 4.78 is 0.550. The Morgan fingerprint density at radius 1 is 0.952 bits per heavy atom. The van der Waals surface area contributed by atoms with Crippen molar-refractivity contribution in [1.29, 1.82) is 0 Å². The molecule has 10 heteroatoms. The molecular weight excluding hydrogens is 290 g/mol. The fourth-order valence-corrected chi connectivity index (χ4v) is 1.16. The summed E-state index contributed by atoms with van der Waals surface area (Å²) in [6, 6.07) is 0. The molecule has 10 nitrogen and oxygen atoms in total. The van der Waals surface area contributed by atoms with Crippen molar-refractivity contribution in [1.82, 2.24) is 0 Å². The van der Waals surface area contributed by atoms with Crippen molar-refractivity contribution in [2.75, 3.05) is 27.7 Å². The van der Waals surface area contributed by atoms with Crippen LogP contribution in [0.1, 0.15) is 6.42 Å². The Morgan fingerprint density at radius 2 is 1.29 bits per heavy atom. The van der Waals surface area contributed by atoms with Crippen LogP contribution >= 0.6 is 0 Å². The highest BCUT2D eigenvalue weighted by molar-refractivity contribution is 5.83. The number of carbonyl (C=O) groups excluding carboxylic acids is 1. The molecule has 0 rings (SSSR count). The number of aliphatic hydroxyl groups excluding tert-OH is 3. The number of quaternary nitrogens is 1. The molecule has 0 heterocycles.